The molecule has 0 heterocycles. The van der Waals surface area contributed by atoms with E-state index < -0.39 is 5.66 Å². The third kappa shape index (κ3) is 2.80. The summed E-state index contributed by atoms with van der Waals surface area (Å²) in [5.41, 5.74) is 12.5. The molecule has 0 saturated carbocycles. The number of rotatable bonds is 3. The largest absolute Gasteiger partial charge is 0.303 e. The topological polar surface area (TPSA) is 69.1 Å². The predicted octanol–water partition coefficient (Wildman–Crippen LogP) is 5.10. The Labute approximate surface area is 168 Å². The van der Waals surface area contributed by atoms with Crippen LogP contribution in [0.15, 0.2) is 97.1 Å². The van der Waals surface area contributed by atoms with Crippen LogP contribution in [0.1, 0.15) is 15.9 Å². The Bertz CT molecular complexity index is 1390. The van der Waals surface area contributed by atoms with E-state index in [1.807, 2.05) is 48.5 Å². The van der Waals surface area contributed by atoms with Crippen LogP contribution in [-0.2, 0) is 5.66 Å². The first-order valence-corrected chi connectivity index (χ1v) is 9.58. The van der Waals surface area contributed by atoms with Gasteiger partial charge >= 0.3 is 0 Å². The monoisotopic (exact) mass is 376 g/mol. The molecule has 0 aromatic heterocycles. The zero-order valence-corrected chi connectivity index (χ0v) is 15.8. The van der Waals surface area contributed by atoms with Gasteiger partial charge in [-0.15, -0.1) is 0 Å². The number of carbonyl (C=O) groups excluding carboxylic acids is 1. The van der Waals surface area contributed by atoms with Crippen molar-refractivity contribution in [3.05, 3.63) is 108 Å². The minimum Gasteiger partial charge on any atom is -0.303 e. The molecule has 0 fully saturated rings. The van der Waals surface area contributed by atoms with E-state index in [1.54, 1.807) is 12.1 Å². The van der Waals surface area contributed by atoms with Crippen molar-refractivity contribution in [2.24, 2.45) is 11.5 Å². The fourth-order valence-electron chi connectivity index (χ4n) is 4.10. The van der Waals surface area contributed by atoms with Gasteiger partial charge in [-0.2, -0.15) is 0 Å². The molecule has 0 spiro atoms. The number of ketones is 1. The number of benzene rings is 5. The smallest absolute Gasteiger partial charge is 0.201 e. The maximum absolute atomic E-state index is 13.2. The summed E-state index contributed by atoms with van der Waals surface area (Å²) in [4.78, 5) is 13.2. The Hall–Kier alpha value is -3.53. The van der Waals surface area contributed by atoms with Crippen LogP contribution in [0.25, 0.3) is 32.3 Å². The van der Waals surface area contributed by atoms with Gasteiger partial charge in [0.05, 0.1) is 0 Å². The van der Waals surface area contributed by atoms with Crippen LogP contribution in [0.3, 0.4) is 0 Å². The molecule has 3 heteroatoms. The summed E-state index contributed by atoms with van der Waals surface area (Å²) in [7, 11) is 0. The van der Waals surface area contributed by atoms with Gasteiger partial charge in [-0.25, -0.2) is 0 Å². The van der Waals surface area contributed by atoms with Gasteiger partial charge in [-0.05, 0) is 44.5 Å². The summed E-state index contributed by atoms with van der Waals surface area (Å²) in [6.07, 6.45) is 0. The number of fused-ring (bicyclic) bond motifs is 4. The number of nitrogens with two attached hydrogens (primary N) is 2. The van der Waals surface area contributed by atoms with Crippen molar-refractivity contribution in [2.45, 2.75) is 5.66 Å². The van der Waals surface area contributed by atoms with Crippen LogP contribution in [0.5, 0.6) is 0 Å². The standard InChI is InChI=1S/C26H20N2O/c27-26(28,25(29)18-7-2-1-3-8-18)23-12-6-11-17-13-14-21-15-19-9-4-5-10-20(19)16-22(21)24(17)23/h1-16H,27-28H2. The first-order chi connectivity index (χ1) is 14.1. The van der Waals surface area contributed by atoms with Crippen LogP contribution < -0.4 is 11.5 Å². The summed E-state index contributed by atoms with van der Waals surface area (Å²) in [5.74, 6) is -0.302. The van der Waals surface area contributed by atoms with Crippen molar-refractivity contribution in [2.75, 3.05) is 0 Å². The highest BCUT2D eigenvalue weighted by Gasteiger charge is 2.34. The molecule has 0 radical (unpaired) electrons. The van der Waals surface area contributed by atoms with Gasteiger partial charge in [0.1, 0.15) is 0 Å². The zero-order valence-electron chi connectivity index (χ0n) is 15.8. The summed E-state index contributed by atoms with van der Waals surface area (Å²) in [6, 6.07) is 31.5. The average Bonchev–Trinajstić information content (AvgIpc) is 2.77. The molecular formula is C26H20N2O. The second-order valence-corrected chi connectivity index (χ2v) is 7.45. The van der Waals surface area contributed by atoms with Gasteiger partial charge in [-0.1, -0.05) is 84.9 Å². The van der Waals surface area contributed by atoms with Gasteiger partial charge in [-0.3, -0.25) is 4.79 Å². The van der Waals surface area contributed by atoms with E-state index in [0.29, 0.717) is 11.1 Å². The quantitative estimate of drug-likeness (QED) is 0.199. The third-order valence-electron chi connectivity index (χ3n) is 5.58. The molecule has 0 atom stereocenters. The van der Waals surface area contributed by atoms with Crippen LogP contribution in [0.4, 0.5) is 0 Å². The molecule has 5 aromatic rings. The number of hydrogen-bond acceptors (Lipinski definition) is 3. The molecule has 29 heavy (non-hydrogen) atoms. The van der Waals surface area contributed by atoms with Crippen molar-refractivity contribution in [3.63, 3.8) is 0 Å². The predicted molar refractivity (Wildman–Crippen MR) is 120 cm³/mol. The number of carbonyl (C=O) groups is 1. The molecule has 0 unspecified atom stereocenters. The highest BCUT2D eigenvalue weighted by molar-refractivity contribution is 6.15. The molecule has 0 amide bonds. The van der Waals surface area contributed by atoms with Crippen molar-refractivity contribution in [1.29, 1.82) is 0 Å². The summed E-state index contributed by atoms with van der Waals surface area (Å²) in [5, 5.41) is 6.36. The Balaban J connectivity index is 1.82. The van der Waals surface area contributed by atoms with E-state index in [4.69, 9.17) is 11.5 Å². The lowest BCUT2D eigenvalue weighted by Crippen LogP contribution is -2.53. The maximum atomic E-state index is 13.2. The second-order valence-electron chi connectivity index (χ2n) is 7.45. The van der Waals surface area contributed by atoms with Gasteiger partial charge in [0.2, 0.25) is 5.78 Å². The van der Waals surface area contributed by atoms with E-state index in [2.05, 4.69) is 36.4 Å². The summed E-state index contributed by atoms with van der Waals surface area (Å²) < 4.78 is 0. The molecule has 0 aliphatic rings. The Kier molecular flexibility index (Phi) is 3.95. The molecule has 0 bridgehead atoms. The highest BCUT2D eigenvalue weighted by atomic mass is 16.1. The van der Waals surface area contributed by atoms with Crippen molar-refractivity contribution < 1.29 is 4.79 Å². The van der Waals surface area contributed by atoms with Crippen LogP contribution in [-0.4, -0.2) is 5.78 Å². The van der Waals surface area contributed by atoms with Gasteiger partial charge in [0.15, 0.2) is 5.66 Å². The molecule has 0 aliphatic heterocycles. The highest BCUT2D eigenvalue weighted by Crippen LogP contribution is 2.35. The van der Waals surface area contributed by atoms with E-state index in [-0.39, 0.29) is 5.78 Å². The second kappa shape index (κ2) is 6.52. The molecular weight excluding hydrogens is 356 g/mol. The van der Waals surface area contributed by atoms with Crippen molar-refractivity contribution in [3.8, 4) is 0 Å². The minimum atomic E-state index is -1.64. The average molecular weight is 376 g/mol. The molecule has 0 saturated heterocycles. The summed E-state index contributed by atoms with van der Waals surface area (Å²) >= 11 is 0. The lowest BCUT2D eigenvalue weighted by Gasteiger charge is -2.26. The molecule has 3 nitrogen and oxygen atoms in total. The van der Waals surface area contributed by atoms with Crippen LogP contribution in [0, 0.1) is 0 Å². The molecule has 0 aliphatic carbocycles. The third-order valence-corrected chi connectivity index (χ3v) is 5.58. The Morgan fingerprint density at radius 3 is 2.00 bits per heavy atom. The fourth-order valence-corrected chi connectivity index (χ4v) is 4.10. The van der Waals surface area contributed by atoms with Gasteiger partial charge in [0.25, 0.3) is 0 Å². The molecule has 140 valence electrons. The van der Waals surface area contributed by atoms with E-state index in [9.17, 15) is 4.79 Å². The van der Waals surface area contributed by atoms with Crippen LogP contribution >= 0.6 is 0 Å². The van der Waals surface area contributed by atoms with Gasteiger partial charge < -0.3 is 11.5 Å². The molecule has 4 N–H and O–H groups in total. The van der Waals surface area contributed by atoms with E-state index in [0.717, 1.165) is 26.9 Å². The normalized spacial score (nSPS) is 11.9. The van der Waals surface area contributed by atoms with Gasteiger partial charge in [0, 0.05) is 11.1 Å². The van der Waals surface area contributed by atoms with Crippen molar-refractivity contribution in [1.82, 2.24) is 0 Å². The summed E-state index contributed by atoms with van der Waals surface area (Å²) in [6.45, 7) is 0. The van der Waals surface area contributed by atoms with Crippen molar-refractivity contribution >= 4 is 38.1 Å². The number of hydrogen-bond donors (Lipinski definition) is 2. The lowest BCUT2D eigenvalue weighted by atomic mass is 9.86. The minimum absolute atomic E-state index is 0.302. The Morgan fingerprint density at radius 2 is 1.24 bits per heavy atom. The zero-order chi connectivity index (χ0) is 20.0. The lowest BCUT2D eigenvalue weighted by molar-refractivity contribution is 0.0891. The van der Waals surface area contributed by atoms with E-state index in [1.165, 1.54) is 5.39 Å². The Morgan fingerprint density at radius 1 is 0.621 bits per heavy atom. The van der Waals surface area contributed by atoms with E-state index >= 15 is 0 Å². The molecule has 5 aromatic carbocycles. The maximum Gasteiger partial charge on any atom is 0.201 e. The first-order valence-electron chi connectivity index (χ1n) is 9.58. The number of Topliss-reactive ketones (excluding diaryl/α,β-unsaturated/α-hetero) is 1. The fraction of sp³-hybridized carbons (Fsp3) is 0.0385. The first kappa shape index (κ1) is 17.6. The SMILES string of the molecule is NC(N)(C(=O)c1ccccc1)c1cccc2ccc3cc4ccccc4cc3c12. The van der Waals surface area contributed by atoms with Crippen LogP contribution in [0.2, 0.25) is 0 Å². The molecule has 5 rings (SSSR count).